The first kappa shape index (κ1) is 29.3. The van der Waals surface area contributed by atoms with Gasteiger partial charge >= 0.3 is 0 Å². The lowest BCUT2D eigenvalue weighted by atomic mass is 9.68. The van der Waals surface area contributed by atoms with E-state index in [1.54, 1.807) is 19.2 Å². The number of nitrogens with zero attached hydrogens (tertiary/aromatic N) is 1. The molecule has 1 amide bonds. The standard InChI is InChI=1S/C32H40ClN3O5S/c1-3-20-19-42(38,39)35-32(37)22-9-12-30-29(15-22)36(17-23-7-10-25(33)14-21(23)6-4-5-13-41-30)18-24-8-11-26(24)31(40-2)28-16-27(20)34-28/h7,9-10,12,14-16,20,24,26-27,31,34H,3-6,8,11,13,17-19H2,1-2H3,(H,35,37)/t20-,24+,26-,27?,31-/m1/s1. The largest absolute Gasteiger partial charge is 0.491 e. The Kier molecular flexibility index (Phi) is 8.44. The molecule has 1 saturated carbocycles. The summed E-state index contributed by atoms with van der Waals surface area (Å²) in [6, 6.07) is 11.3. The third-order valence-electron chi connectivity index (χ3n) is 9.48. The van der Waals surface area contributed by atoms with Crippen LogP contribution in [0.5, 0.6) is 5.75 Å². The van der Waals surface area contributed by atoms with Crippen molar-refractivity contribution >= 4 is 33.2 Å². The van der Waals surface area contributed by atoms with Crippen molar-refractivity contribution < 1.29 is 22.7 Å². The lowest BCUT2D eigenvalue weighted by Gasteiger charge is -2.47. The predicted octanol–water partition coefficient (Wildman–Crippen LogP) is 5.06. The van der Waals surface area contributed by atoms with Crippen molar-refractivity contribution in [2.75, 3.05) is 30.9 Å². The third kappa shape index (κ3) is 6.01. The summed E-state index contributed by atoms with van der Waals surface area (Å²) in [5, 5.41) is 4.24. The van der Waals surface area contributed by atoms with Crippen LogP contribution in [0.4, 0.5) is 5.69 Å². The number of sulfonamides is 1. The molecular weight excluding hydrogens is 574 g/mol. The lowest BCUT2D eigenvalue weighted by molar-refractivity contribution is -0.00186. The van der Waals surface area contributed by atoms with Crippen LogP contribution in [-0.4, -0.2) is 52.5 Å². The van der Waals surface area contributed by atoms with Gasteiger partial charge in [0, 0.05) is 36.5 Å². The van der Waals surface area contributed by atoms with Crippen LogP contribution in [0.2, 0.25) is 5.02 Å². The first-order chi connectivity index (χ1) is 20.2. The minimum absolute atomic E-state index is 0.0706. The second-order valence-electron chi connectivity index (χ2n) is 12.1. The van der Waals surface area contributed by atoms with Gasteiger partial charge in [0.25, 0.3) is 5.91 Å². The molecule has 0 spiro atoms. The summed E-state index contributed by atoms with van der Waals surface area (Å²) in [6.07, 6.45) is 7.63. The minimum Gasteiger partial charge on any atom is -0.491 e. The van der Waals surface area contributed by atoms with Crippen LogP contribution in [0.3, 0.4) is 0 Å². The smallest absolute Gasteiger partial charge is 0.264 e. The number of ether oxygens (including phenoxy) is 2. The van der Waals surface area contributed by atoms with E-state index in [4.69, 9.17) is 21.1 Å². The number of nitrogens with one attached hydrogen (secondary N) is 2. The molecule has 0 aromatic heterocycles. The number of halogens is 1. The van der Waals surface area contributed by atoms with Crippen LogP contribution in [0.1, 0.15) is 60.5 Å². The Bertz CT molecular complexity index is 1480. The van der Waals surface area contributed by atoms with Crippen LogP contribution in [0.15, 0.2) is 48.2 Å². The Morgan fingerprint density at radius 1 is 1.12 bits per heavy atom. The summed E-state index contributed by atoms with van der Waals surface area (Å²) < 4.78 is 41.0. The van der Waals surface area contributed by atoms with Crippen molar-refractivity contribution in [3.63, 3.8) is 0 Å². The molecule has 2 aromatic rings. The fraction of sp³-hybridized carbons (Fsp3) is 0.531. The molecule has 5 atom stereocenters. The van der Waals surface area contributed by atoms with Crippen LogP contribution in [0.25, 0.3) is 0 Å². The van der Waals surface area contributed by atoms with E-state index in [1.807, 2.05) is 19.1 Å². The molecule has 226 valence electrons. The van der Waals surface area contributed by atoms with Crippen LogP contribution in [-0.2, 0) is 27.7 Å². The summed E-state index contributed by atoms with van der Waals surface area (Å²) in [5.74, 6) is 0.471. The number of methoxy groups -OCH3 is 1. The number of aryl methyl sites for hydroxylation is 1. The molecule has 42 heavy (non-hydrogen) atoms. The number of hydrogen-bond acceptors (Lipinski definition) is 7. The monoisotopic (exact) mass is 613 g/mol. The van der Waals surface area contributed by atoms with Crippen molar-refractivity contribution in [1.29, 1.82) is 0 Å². The van der Waals surface area contributed by atoms with Crippen molar-refractivity contribution in [2.45, 2.75) is 64.1 Å². The van der Waals surface area contributed by atoms with Gasteiger partial charge in [0.15, 0.2) is 0 Å². The zero-order valence-corrected chi connectivity index (χ0v) is 25.8. The highest BCUT2D eigenvalue weighted by Gasteiger charge is 2.43. The van der Waals surface area contributed by atoms with Crippen molar-refractivity contribution in [1.82, 2.24) is 10.0 Å². The number of amides is 1. The van der Waals surface area contributed by atoms with Gasteiger partial charge in [-0.3, -0.25) is 4.79 Å². The molecule has 1 fully saturated rings. The fourth-order valence-corrected chi connectivity index (χ4v) is 8.59. The summed E-state index contributed by atoms with van der Waals surface area (Å²) in [6.45, 7) is 3.90. The highest BCUT2D eigenvalue weighted by Crippen LogP contribution is 2.44. The van der Waals surface area contributed by atoms with E-state index in [0.29, 0.717) is 42.7 Å². The zero-order chi connectivity index (χ0) is 29.4. The molecule has 4 bridgehead atoms. The van der Waals surface area contributed by atoms with Crippen molar-refractivity contribution in [3.8, 4) is 5.75 Å². The summed E-state index contributed by atoms with van der Waals surface area (Å²) >= 11 is 6.41. The van der Waals surface area contributed by atoms with E-state index in [9.17, 15) is 13.2 Å². The van der Waals surface area contributed by atoms with E-state index in [-0.39, 0.29) is 23.8 Å². The molecule has 1 unspecified atom stereocenters. The number of benzene rings is 2. The van der Waals surface area contributed by atoms with E-state index < -0.39 is 15.9 Å². The van der Waals surface area contributed by atoms with Gasteiger partial charge in [-0.05, 0) is 104 Å². The average molecular weight is 614 g/mol. The molecule has 7 rings (SSSR count). The van der Waals surface area contributed by atoms with Gasteiger partial charge in [-0.25, -0.2) is 13.1 Å². The first-order valence-corrected chi connectivity index (χ1v) is 17.1. The Hall–Kier alpha value is -2.75. The number of carbonyl (C=O) groups is 1. The molecule has 4 heterocycles. The van der Waals surface area contributed by atoms with Crippen LogP contribution >= 0.6 is 11.6 Å². The lowest BCUT2D eigenvalue weighted by Crippen LogP contribution is -2.53. The van der Waals surface area contributed by atoms with Gasteiger partial charge in [0.2, 0.25) is 10.0 Å². The molecule has 10 heteroatoms. The highest BCUT2D eigenvalue weighted by molar-refractivity contribution is 7.90. The Morgan fingerprint density at radius 2 is 1.95 bits per heavy atom. The van der Waals surface area contributed by atoms with E-state index >= 15 is 0 Å². The van der Waals surface area contributed by atoms with Gasteiger partial charge in [-0.2, -0.15) is 0 Å². The predicted molar refractivity (Wildman–Crippen MR) is 164 cm³/mol. The SMILES string of the molecule is CC[C@@H]1CS(=O)(=O)NC(=O)c2ccc3c(c2)N(Cc2ccc(Cl)cc2CCCCO3)C[C@@H]2CC[C@H]2[C@@H](OC)C2=CC1N2. The molecule has 5 aliphatic rings. The fourth-order valence-electron chi connectivity index (χ4n) is 6.91. The highest BCUT2D eigenvalue weighted by atomic mass is 35.5. The molecule has 0 saturated heterocycles. The Morgan fingerprint density at radius 3 is 2.69 bits per heavy atom. The number of fused-ring (bicyclic) bond motifs is 5. The normalized spacial score (nSPS) is 29.0. The number of rotatable bonds is 2. The quantitative estimate of drug-likeness (QED) is 0.489. The van der Waals surface area contributed by atoms with Crippen LogP contribution < -0.4 is 19.7 Å². The Labute approximate surface area is 253 Å². The maximum atomic E-state index is 13.4. The Balaban J connectivity index is 1.44. The van der Waals surface area contributed by atoms with E-state index in [1.165, 1.54) is 11.1 Å². The molecule has 1 aliphatic carbocycles. The minimum atomic E-state index is -3.87. The van der Waals surface area contributed by atoms with E-state index in [0.717, 1.165) is 55.1 Å². The number of anilines is 1. The maximum Gasteiger partial charge on any atom is 0.264 e. The second kappa shape index (κ2) is 12.1. The zero-order valence-electron chi connectivity index (χ0n) is 24.3. The molecule has 4 aliphatic heterocycles. The molecule has 2 aromatic carbocycles. The van der Waals surface area contributed by atoms with Crippen molar-refractivity contribution in [3.05, 3.63) is 69.9 Å². The van der Waals surface area contributed by atoms with Gasteiger partial charge < -0.3 is 19.7 Å². The molecule has 0 radical (unpaired) electrons. The number of carbonyl (C=O) groups excluding carboxylic acids is 1. The third-order valence-corrected chi connectivity index (χ3v) is 11.1. The topological polar surface area (TPSA) is 97.0 Å². The summed E-state index contributed by atoms with van der Waals surface area (Å²) in [5.41, 5.74) is 4.53. The summed E-state index contributed by atoms with van der Waals surface area (Å²) in [7, 11) is -2.11. The van der Waals surface area contributed by atoms with Gasteiger partial charge in [-0.1, -0.05) is 24.6 Å². The van der Waals surface area contributed by atoms with Gasteiger partial charge in [0.05, 0.1) is 30.2 Å². The molecule has 2 N–H and O–H groups in total. The van der Waals surface area contributed by atoms with E-state index in [2.05, 4.69) is 33.1 Å². The van der Waals surface area contributed by atoms with Crippen molar-refractivity contribution in [2.24, 2.45) is 17.8 Å². The molecular formula is C32H40ClN3O5S. The van der Waals surface area contributed by atoms with Gasteiger partial charge in [-0.15, -0.1) is 0 Å². The first-order valence-electron chi connectivity index (χ1n) is 15.1. The summed E-state index contributed by atoms with van der Waals surface area (Å²) in [4.78, 5) is 15.7. The maximum absolute atomic E-state index is 13.4. The second-order valence-corrected chi connectivity index (χ2v) is 14.3. The average Bonchev–Trinajstić information content (AvgIpc) is 2.95. The van der Waals surface area contributed by atoms with Crippen LogP contribution in [0, 0.1) is 17.8 Å². The van der Waals surface area contributed by atoms with Gasteiger partial charge in [0.1, 0.15) is 5.75 Å². The number of hydrogen-bond donors (Lipinski definition) is 2. The molecule has 8 nitrogen and oxygen atoms in total.